The molecule has 0 aromatic carbocycles. The molecule has 0 spiro atoms. The predicted molar refractivity (Wildman–Crippen MR) is 71.1 cm³/mol. The second-order valence-corrected chi connectivity index (χ2v) is 5.26. The standard InChI is InChI=1S/C15H26O/c1-6-15(5,16)12-8-11-14(4)10-7-9-13(2)3/h1,14,16H,2,7-12H2,3-5H3. The lowest BCUT2D eigenvalue weighted by Crippen LogP contribution is -2.20. The number of aliphatic hydroxyl groups is 1. The Kier molecular flexibility index (Phi) is 7.17. The quantitative estimate of drug-likeness (QED) is 0.487. The Morgan fingerprint density at radius 1 is 1.44 bits per heavy atom. The topological polar surface area (TPSA) is 20.2 Å². The van der Waals surface area contributed by atoms with E-state index in [1.165, 1.54) is 18.4 Å². The van der Waals surface area contributed by atoms with Gasteiger partial charge in [-0.2, -0.15) is 0 Å². The summed E-state index contributed by atoms with van der Waals surface area (Å²) in [6.07, 6.45) is 11.7. The summed E-state index contributed by atoms with van der Waals surface area (Å²) < 4.78 is 0. The maximum absolute atomic E-state index is 9.64. The number of rotatable bonds is 8. The Balaban J connectivity index is 3.55. The highest BCUT2D eigenvalue weighted by Crippen LogP contribution is 2.20. The minimum Gasteiger partial charge on any atom is -0.378 e. The second-order valence-electron chi connectivity index (χ2n) is 5.26. The summed E-state index contributed by atoms with van der Waals surface area (Å²) in [6.45, 7) is 9.95. The van der Waals surface area contributed by atoms with Crippen molar-refractivity contribution in [2.24, 2.45) is 5.92 Å². The fraction of sp³-hybridized carbons (Fsp3) is 0.733. The fourth-order valence-electron chi connectivity index (χ4n) is 1.76. The lowest BCUT2D eigenvalue weighted by molar-refractivity contribution is 0.107. The average molecular weight is 222 g/mol. The summed E-state index contributed by atoms with van der Waals surface area (Å²) in [6, 6.07) is 0. The SMILES string of the molecule is C#CC(C)(O)CCCC(C)CCCC(=C)C. The molecule has 0 aliphatic carbocycles. The molecule has 16 heavy (non-hydrogen) atoms. The molecule has 0 fully saturated rings. The van der Waals surface area contributed by atoms with E-state index in [4.69, 9.17) is 6.42 Å². The summed E-state index contributed by atoms with van der Waals surface area (Å²) in [4.78, 5) is 0. The van der Waals surface area contributed by atoms with Crippen molar-refractivity contribution in [2.75, 3.05) is 0 Å². The van der Waals surface area contributed by atoms with Gasteiger partial charge in [0.1, 0.15) is 5.60 Å². The van der Waals surface area contributed by atoms with E-state index in [2.05, 4.69) is 26.3 Å². The predicted octanol–water partition coefficient (Wildman–Crippen LogP) is 3.92. The maximum atomic E-state index is 9.64. The smallest absolute Gasteiger partial charge is 0.122 e. The maximum Gasteiger partial charge on any atom is 0.122 e. The number of terminal acetylenes is 1. The molecule has 0 amide bonds. The molecule has 0 aliphatic heterocycles. The summed E-state index contributed by atoms with van der Waals surface area (Å²) in [5.41, 5.74) is 0.347. The van der Waals surface area contributed by atoms with Crippen LogP contribution in [0.4, 0.5) is 0 Å². The van der Waals surface area contributed by atoms with E-state index in [0.717, 1.165) is 19.3 Å². The molecule has 0 aromatic heterocycles. The van der Waals surface area contributed by atoms with Crippen LogP contribution in [0.5, 0.6) is 0 Å². The van der Waals surface area contributed by atoms with Crippen molar-refractivity contribution in [3.63, 3.8) is 0 Å². The van der Waals surface area contributed by atoms with Crippen molar-refractivity contribution in [3.8, 4) is 12.3 Å². The summed E-state index contributed by atoms with van der Waals surface area (Å²) in [5, 5.41) is 9.64. The zero-order valence-corrected chi connectivity index (χ0v) is 11.1. The van der Waals surface area contributed by atoms with Crippen molar-refractivity contribution in [3.05, 3.63) is 12.2 Å². The molecule has 0 aliphatic rings. The largest absolute Gasteiger partial charge is 0.378 e. The Morgan fingerprint density at radius 3 is 2.50 bits per heavy atom. The molecule has 0 saturated heterocycles. The van der Waals surface area contributed by atoms with E-state index < -0.39 is 5.60 Å². The van der Waals surface area contributed by atoms with E-state index in [1.54, 1.807) is 6.92 Å². The Labute approximate surface area is 101 Å². The molecule has 0 heterocycles. The van der Waals surface area contributed by atoms with Crippen molar-refractivity contribution >= 4 is 0 Å². The first-order chi connectivity index (χ1) is 7.37. The minimum absolute atomic E-state index is 0.703. The van der Waals surface area contributed by atoms with Crippen molar-refractivity contribution < 1.29 is 5.11 Å². The monoisotopic (exact) mass is 222 g/mol. The van der Waals surface area contributed by atoms with E-state index in [-0.39, 0.29) is 0 Å². The number of hydrogen-bond donors (Lipinski definition) is 1. The highest BCUT2D eigenvalue weighted by Gasteiger charge is 2.15. The zero-order valence-electron chi connectivity index (χ0n) is 11.1. The molecule has 0 radical (unpaired) electrons. The van der Waals surface area contributed by atoms with Gasteiger partial charge in [0, 0.05) is 0 Å². The van der Waals surface area contributed by atoms with Crippen LogP contribution < -0.4 is 0 Å². The van der Waals surface area contributed by atoms with Crippen LogP contribution in [0.2, 0.25) is 0 Å². The lowest BCUT2D eigenvalue weighted by atomic mass is 9.93. The Bertz CT molecular complexity index is 245. The first kappa shape index (κ1) is 15.3. The summed E-state index contributed by atoms with van der Waals surface area (Å²) in [7, 11) is 0. The molecule has 92 valence electrons. The van der Waals surface area contributed by atoms with E-state index in [9.17, 15) is 5.11 Å². The van der Waals surface area contributed by atoms with Gasteiger partial charge in [0.15, 0.2) is 0 Å². The first-order valence-electron chi connectivity index (χ1n) is 6.22. The zero-order chi connectivity index (χ0) is 12.6. The molecule has 1 N–H and O–H groups in total. The molecule has 0 aromatic rings. The molecule has 2 atom stereocenters. The van der Waals surface area contributed by atoms with Gasteiger partial charge in [0.2, 0.25) is 0 Å². The van der Waals surface area contributed by atoms with Crippen molar-refractivity contribution in [2.45, 2.75) is 64.9 Å². The Hall–Kier alpha value is -0.740. The van der Waals surface area contributed by atoms with Crippen LogP contribution >= 0.6 is 0 Å². The van der Waals surface area contributed by atoms with E-state index in [1.807, 2.05) is 0 Å². The normalized spacial score (nSPS) is 16.2. The first-order valence-corrected chi connectivity index (χ1v) is 6.22. The van der Waals surface area contributed by atoms with Gasteiger partial charge in [-0.3, -0.25) is 0 Å². The van der Waals surface area contributed by atoms with Gasteiger partial charge in [0.25, 0.3) is 0 Å². The molecular weight excluding hydrogens is 196 g/mol. The third-order valence-corrected chi connectivity index (χ3v) is 2.97. The second kappa shape index (κ2) is 7.52. The lowest BCUT2D eigenvalue weighted by Gasteiger charge is -2.17. The average Bonchev–Trinajstić information content (AvgIpc) is 2.17. The molecule has 0 bridgehead atoms. The van der Waals surface area contributed by atoms with Gasteiger partial charge in [-0.1, -0.05) is 31.3 Å². The molecule has 0 rings (SSSR count). The van der Waals surface area contributed by atoms with Crippen LogP contribution in [0.25, 0.3) is 0 Å². The molecule has 1 nitrogen and oxygen atoms in total. The van der Waals surface area contributed by atoms with Gasteiger partial charge < -0.3 is 5.11 Å². The number of hydrogen-bond acceptors (Lipinski definition) is 1. The fourth-order valence-corrected chi connectivity index (χ4v) is 1.76. The summed E-state index contributed by atoms with van der Waals surface area (Å²) in [5.74, 6) is 3.13. The highest BCUT2D eigenvalue weighted by molar-refractivity contribution is 5.03. The van der Waals surface area contributed by atoms with Crippen molar-refractivity contribution in [1.29, 1.82) is 0 Å². The van der Waals surface area contributed by atoms with E-state index in [0.29, 0.717) is 12.3 Å². The van der Waals surface area contributed by atoms with Gasteiger partial charge in [-0.15, -0.1) is 13.0 Å². The van der Waals surface area contributed by atoms with Crippen LogP contribution in [0.1, 0.15) is 59.3 Å². The van der Waals surface area contributed by atoms with Crippen LogP contribution in [0.3, 0.4) is 0 Å². The third-order valence-electron chi connectivity index (χ3n) is 2.97. The molecular formula is C15H26O. The molecule has 2 unspecified atom stereocenters. The van der Waals surface area contributed by atoms with E-state index >= 15 is 0 Å². The van der Waals surface area contributed by atoms with Crippen LogP contribution in [0.15, 0.2) is 12.2 Å². The van der Waals surface area contributed by atoms with Gasteiger partial charge >= 0.3 is 0 Å². The van der Waals surface area contributed by atoms with Gasteiger partial charge in [0.05, 0.1) is 0 Å². The van der Waals surface area contributed by atoms with Crippen LogP contribution in [0, 0.1) is 18.3 Å². The van der Waals surface area contributed by atoms with Gasteiger partial charge in [-0.25, -0.2) is 0 Å². The third kappa shape index (κ3) is 8.56. The summed E-state index contributed by atoms with van der Waals surface area (Å²) >= 11 is 0. The van der Waals surface area contributed by atoms with Crippen molar-refractivity contribution in [1.82, 2.24) is 0 Å². The molecule has 0 saturated carbocycles. The molecule has 1 heteroatoms. The Morgan fingerprint density at radius 2 is 2.00 bits per heavy atom. The minimum atomic E-state index is -0.919. The highest BCUT2D eigenvalue weighted by atomic mass is 16.3. The van der Waals surface area contributed by atoms with Gasteiger partial charge in [-0.05, 0) is 45.4 Å². The van der Waals surface area contributed by atoms with Crippen LogP contribution in [-0.2, 0) is 0 Å². The van der Waals surface area contributed by atoms with Crippen LogP contribution in [-0.4, -0.2) is 10.7 Å². The number of allylic oxidation sites excluding steroid dienone is 1.